The number of halogens is 1. The van der Waals surface area contributed by atoms with Crippen LogP contribution in [0.1, 0.15) is 41.7 Å². The summed E-state index contributed by atoms with van der Waals surface area (Å²) in [5.74, 6) is -1.08. The van der Waals surface area contributed by atoms with E-state index in [2.05, 4.69) is 20.9 Å². The van der Waals surface area contributed by atoms with Crippen LogP contribution < -0.4 is 16.0 Å². The zero-order valence-electron chi connectivity index (χ0n) is 19.6. The Labute approximate surface area is 203 Å². The van der Waals surface area contributed by atoms with Crippen molar-refractivity contribution >= 4 is 17.9 Å². The van der Waals surface area contributed by atoms with Crippen molar-refractivity contribution in [1.82, 2.24) is 20.9 Å². The molecule has 2 aliphatic heterocycles. The first kappa shape index (κ1) is 24.4. The van der Waals surface area contributed by atoms with Crippen LogP contribution in [-0.2, 0) is 9.53 Å². The van der Waals surface area contributed by atoms with Gasteiger partial charge in [-0.25, -0.2) is 14.0 Å². The Morgan fingerprint density at radius 1 is 1.09 bits per heavy atom. The molecule has 1 unspecified atom stereocenters. The summed E-state index contributed by atoms with van der Waals surface area (Å²) in [6.45, 7) is 3.70. The largest absolute Gasteiger partial charge is 0.463 e. The zero-order valence-corrected chi connectivity index (χ0v) is 19.6. The highest BCUT2D eigenvalue weighted by molar-refractivity contribution is 5.95. The summed E-state index contributed by atoms with van der Waals surface area (Å²) in [7, 11) is 0. The Bertz CT molecular complexity index is 1100. The van der Waals surface area contributed by atoms with Gasteiger partial charge in [0.05, 0.1) is 18.2 Å². The van der Waals surface area contributed by atoms with Gasteiger partial charge in [-0.05, 0) is 49.6 Å². The van der Waals surface area contributed by atoms with Crippen molar-refractivity contribution in [1.29, 1.82) is 0 Å². The number of esters is 1. The normalized spacial score (nSPS) is 19.0. The van der Waals surface area contributed by atoms with Gasteiger partial charge in [-0.15, -0.1) is 0 Å². The quantitative estimate of drug-likeness (QED) is 0.530. The molecular weight excluding hydrogens is 451 g/mol. The molecule has 2 aliphatic rings. The Kier molecular flexibility index (Phi) is 7.77. The lowest BCUT2D eigenvalue weighted by Gasteiger charge is -2.35. The molecule has 0 aromatic heterocycles. The summed E-state index contributed by atoms with van der Waals surface area (Å²) in [5, 5.41) is 8.65. The molecule has 2 heterocycles. The number of carbonyl (C=O) groups is 3. The van der Waals surface area contributed by atoms with Crippen LogP contribution in [0.3, 0.4) is 0 Å². The number of piperidine rings is 1. The highest BCUT2D eigenvalue weighted by Gasteiger charge is 2.34. The van der Waals surface area contributed by atoms with Gasteiger partial charge < -0.3 is 20.7 Å². The average molecular weight is 481 g/mol. The first-order valence-corrected chi connectivity index (χ1v) is 11.8. The average Bonchev–Trinajstić information content (AvgIpc) is 2.86. The maximum absolute atomic E-state index is 13.1. The lowest BCUT2D eigenvalue weighted by molar-refractivity contribution is -0.139. The van der Waals surface area contributed by atoms with Crippen LogP contribution in [0, 0.1) is 5.82 Å². The summed E-state index contributed by atoms with van der Waals surface area (Å²) >= 11 is 0. The lowest BCUT2D eigenvalue weighted by atomic mass is 9.94. The molecule has 0 radical (unpaired) electrons. The third kappa shape index (κ3) is 6.05. The minimum absolute atomic E-state index is 0.0120. The maximum atomic E-state index is 13.1. The highest BCUT2D eigenvalue weighted by atomic mass is 19.1. The molecule has 0 bridgehead atoms. The van der Waals surface area contributed by atoms with Gasteiger partial charge in [0.15, 0.2) is 0 Å². The fourth-order valence-electron chi connectivity index (χ4n) is 4.42. The Hall–Kier alpha value is -3.72. The topological polar surface area (TPSA) is 99.8 Å². The van der Waals surface area contributed by atoms with Crippen LogP contribution in [0.2, 0.25) is 0 Å². The molecule has 3 amide bonds. The van der Waals surface area contributed by atoms with Gasteiger partial charge in [0.25, 0.3) is 5.91 Å². The SMILES string of the molecule is CCOC(=O)C1=C(CN2CCC(NC(=O)c3ccc(F)cc3)CC2)NC(=O)NC1c1ccccc1. The van der Waals surface area contributed by atoms with Crippen LogP contribution in [0.5, 0.6) is 0 Å². The second kappa shape index (κ2) is 11.1. The van der Waals surface area contributed by atoms with Crippen LogP contribution in [0.25, 0.3) is 0 Å². The summed E-state index contributed by atoms with van der Waals surface area (Å²) in [4.78, 5) is 40.0. The van der Waals surface area contributed by atoms with E-state index in [1.165, 1.54) is 24.3 Å². The summed E-state index contributed by atoms with van der Waals surface area (Å²) < 4.78 is 18.4. The van der Waals surface area contributed by atoms with Crippen molar-refractivity contribution in [2.45, 2.75) is 31.8 Å². The second-order valence-corrected chi connectivity index (χ2v) is 8.59. The van der Waals surface area contributed by atoms with Gasteiger partial charge >= 0.3 is 12.0 Å². The van der Waals surface area contributed by atoms with Crippen LogP contribution in [0.15, 0.2) is 65.9 Å². The van der Waals surface area contributed by atoms with E-state index in [0.717, 1.165) is 5.56 Å². The molecule has 4 rings (SSSR count). The molecule has 0 spiro atoms. The molecule has 0 aliphatic carbocycles. The van der Waals surface area contributed by atoms with Crippen LogP contribution in [-0.4, -0.2) is 55.1 Å². The highest BCUT2D eigenvalue weighted by Crippen LogP contribution is 2.28. The fraction of sp³-hybridized carbons (Fsp3) is 0.346. The van der Waals surface area contributed by atoms with E-state index >= 15 is 0 Å². The van der Waals surface area contributed by atoms with Crippen molar-refractivity contribution in [2.75, 3.05) is 26.2 Å². The minimum Gasteiger partial charge on any atom is -0.463 e. The molecule has 2 aromatic carbocycles. The molecule has 1 fully saturated rings. The number of ether oxygens (including phenoxy) is 1. The first-order chi connectivity index (χ1) is 16.9. The Morgan fingerprint density at radius 2 is 1.77 bits per heavy atom. The molecule has 0 saturated carbocycles. The van der Waals surface area contributed by atoms with Gasteiger partial charge in [0.1, 0.15) is 5.82 Å². The van der Waals surface area contributed by atoms with Crippen molar-refractivity contribution < 1.29 is 23.5 Å². The van der Waals surface area contributed by atoms with Gasteiger partial charge in [-0.2, -0.15) is 0 Å². The number of hydrogen-bond acceptors (Lipinski definition) is 5. The number of hydrogen-bond donors (Lipinski definition) is 3. The number of urea groups is 1. The van der Waals surface area contributed by atoms with Crippen LogP contribution >= 0.6 is 0 Å². The van der Waals surface area contributed by atoms with Crippen LogP contribution in [0.4, 0.5) is 9.18 Å². The van der Waals surface area contributed by atoms with Crippen molar-refractivity contribution in [3.63, 3.8) is 0 Å². The molecule has 8 nitrogen and oxygen atoms in total. The number of nitrogens with zero attached hydrogens (tertiary/aromatic N) is 1. The smallest absolute Gasteiger partial charge is 0.338 e. The van der Waals surface area contributed by atoms with E-state index in [1.807, 2.05) is 30.3 Å². The van der Waals surface area contributed by atoms with Gasteiger partial charge in [0.2, 0.25) is 0 Å². The van der Waals surface area contributed by atoms with Crippen molar-refractivity contribution in [2.24, 2.45) is 0 Å². The van der Waals surface area contributed by atoms with Crippen molar-refractivity contribution in [3.05, 3.63) is 82.8 Å². The first-order valence-electron chi connectivity index (χ1n) is 11.8. The second-order valence-electron chi connectivity index (χ2n) is 8.59. The summed E-state index contributed by atoms with van der Waals surface area (Å²) in [5.41, 5.74) is 2.13. The predicted molar refractivity (Wildman–Crippen MR) is 128 cm³/mol. The van der Waals surface area contributed by atoms with Gasteiger partial charge in [-0.3, -0.25) is 9.69 Å². The van der Waals surface area contributed by atoms with E-state index in [9.17, 15) is 18.8 Å². The Morgan fingerprint density at radius 3 is 2.43 bits per heavy atom. The molecule has 35 heavy (non-hydrogen) atoms. The third-order valence-corrected chi connectivity index (χ3v) is 6.19. The van der Waals surface area contributed by atoms with E-state index in [0.29, 0.717) is 49.3 Å². The maximum Gasteiger partial charge on any atom is 0.338 e. The Balaban J connectivity index is 1.44. The number of amides is 3. The van der Waals surface area contributed by atoms with Crippen molar-refractivity contribution in [3.8, 4) is 0 Å². The number of rotatable bonds is 7. The van der Waals surface area contributed by atoms with E-state index in [1.54, 1.807) is 6.92 Å². The number of nitrogens with one attached hydrogen (secondary N) is 3. The third-order valence-electron chi connectivity index (χ3n) is 6.19. The van der Waals surface area contributed by atoms with E-state index in [-0.39, 0.29) is 30.4 Å². The monoisotopic (exact) mass is 480 g/mol. The van der Waals surface area contributed by atoms with Gasteiger partial charge in [0, 0.05) is 36.9 Å². The molecule has 184 valence electrons. The molecule has 1 atom stereocenters. The lowest BCUT2D eigenvalue weighted by Crippen LogP contribution is -2.50. The minimum atomic E-state index is -0.605. The predicted octanol–water partition coefficient (Wildman–Crippen LogP) is 2.89. The van der Waals surface area contributed by atoms with Gasteiger partial charge in [-0.1, -0.05) is 30.3 Å². The number of carbonyl (C=O) groups excluding carboxylic acids is 3. The molecule has 2 aromatic rings. The molecule has 3 N–H and O–H groups in total. The molecular formula is C26H29FN4O4. The molecule has 9 heteroatoms. The zero-order chi connectivity index (χ0) is 24.8. The van der Waals surface area contributed by atoms with E-state index in [4.69, 9.17) is 4.74 Å². The fourth-order valence-corrected chi connectivity index (χ4v) is 4.42. The molecule has 1 saturated heterocycles. The summed E-state index contributed by atoms with van der Waals surface area (Å²) in [6.07, 6.45) is 1.42. The van der Waals surface area contributed by atoms with E-state index < -0.39 is 12.0 Å². The number of likely N-dealkylation sites (tertiary alicyclic amines) is 1. The standard InChI is InChI=1S/C26H29FN4O4/c1-2-35-25(33)22-21(29-26(34)30-23(22)17-6-4-3-5-7-17)16-31-14-12-20(13-15-31)28-24(32)18-8-10-19(27)11-9-18/h3-11,20,23H,2,12-16H2,1H3,(H,28,32)(H2,29,30,34). The summed E-state index contributed by atoms with van der Waals surface area (Å²) in [6, 6.07) is 13.8. The number of benzene rings is 2.